The van der Waals surface area contributed by atoms with E-state index in [0.717, 1.165) is 24.3 Å². The van der Waals surface area contributed by atoms with Crippen molar-refractivity contribution in [1.29, 1.82) is 0 Å². The lowest BCUT2D eigenvalue weighted by molar-refractivity contribution is -0.115. The number of benzene rings is 2. The maximum Gasteiger partial charge on any atom is 0.252 e. The Hall–Kier alpha value is -3.05. The molecule has 0 aromatic heterocycles. The fraction of sp³-hybridized carbons (Fsp3) is 0.280. The molecule has 2 aromatic carbocycles. The molecule has 0 spiro atoms. The van der Waals surface area contributed by atoms with E-state index in [1.54, 1.807) is 37.3 Å². The summed E-state index contributed by atoms with van der Waals surface area (Å²) in [5, 5.41) is 6.29. The maximum atomic E-state index is 12.7. The van der Waals surface area contributed by atoms with Crippen LogP contribution in [0.3, 0.4) is 0 Å². The molecule has 0 saturated heterocycles. The summed E-state index contributed by atoms with van der Waals surface area (Å²) in [5.41, 5.74) is 5.03. The average Bonchev–Trinajstić information content (AvgIpc) is 2.78. The SMILES string of the molecule is CCN(CC)c1ccc(NC2=CC(NC(=O)c3ccccc3)C(=O)C(Cl)=C2C)c(C)c1. The third-order valence-corrected chi connectivity index (χ3v) is 5.97. The number of nitrogens with one attached hydrogen (secondary N) is 2. The zero-order chi connectivity index (χ0) is 22.5. The van der Waals surface area contributed by atoms with Gasteiger partial charge >= 0.3 is 0 Å². The molecule has 0 bridgehead atoms. The number of carbonyl (C=O) groups excluding carboxylic acids is 2. The van der Waals surface area contributed by atoms with Crippen LogP contribution >= 0.6 is 11.6 Å². The van der Waals surface area contributed by atoms with Gasteiger partial charge in [0, 0.05) is 35.7 Å². The van der Waals surface area contributed by atoms with Gasteiger partial charge in [-0.2, -0.15) is 0 Å². The zero-order valence-corrected chi connectivity index (χ0v) is 19.1. The average molecular weight is 438 g/mol. The lowest BCUT2D eigenvalue weighted by Gasteiger charge is -2.25. The van der Waals surface area contributed by atoms with Crippen LogP contribution < -0.4 is 15.5 Å². The van der Waals surface area contributed by atoms with Crippen molar-refractivity contribution in [2.24, 2.45) is 0 Å². The number of carbonyl (C=O) groups is 2. The molecule has 0 saturated carbocycles. The Balaban J connectivity index is 1.84. The number of allylic oxidation sites excluding steroid dienone is 1. The summed E-state index contributed by atoms with van der Waals surface area (Å²) >= 11 is 6.34. The minimum Gasteiger partial charge on any atom is -0.372 e. The number of ketones is 1. The fourth-order valence-electron chi connectivity index (χ4n) is 3.58. The van der Waals surface area contributed by atoms with Crippen molar-refractivity contribution in [2.75, 3.05) is 23.3 Å². The highest BCUT2D eigenvalue weighted by Gasteiger charge is 2.29. The zero-order valence-electron chi connectivity index (χ0n) is 18.3. The van der Waals surface area contributed by atoms with E-state index in [9.17, 15) is 9.59 Å². The van der Waals surface area contributed by atoms with E-state index in [0.29, 0.717) is 16.8 Å². The smallest absolute Gasteiger partial charge is 0.252 e. The highest BCUT2D eigenvalue weighted by atomic mass is 35.5. The number of hydrogen-bond donors (Lipinski definition) is 2. The minimum absolute atomic E-state index is 0.126. The molecular formula is C25H28ClN3O2. The van der Waals surface area contributed by atoms with Gasteiger partial charge in [0.15, 0.2) is 0 Å². The van der Waals surface area contributed by atoms with E-state index in [-0.39, 0.29) is 16.7 Å². The topological polar surface area (TPSA) is 61.4 Å². The second kappa shape index (κ2) is 9.84. The molecule has 0 radical (unpaired) electrons. The Morgan fingerprint density at radius 1 is 1.06 bits per heavy atom. The maximum absolute atomic E-state index is 12.7. The third-order valence-electron chi connectivity index (χ3n) is 5.50. The van der Waals surface area contributed by atoms with Crippen molar-refractivity contribution in [1.82, 2.24) is 5.32 Å². The summed E-state index contributed by atoms with van der Waals surface area (Å²) in [6.07, 6.45) is 1.72. The number of amides is 1. The van der Waals surface area contributed by atoms with E-state index in [2.05, 4.69) is 41.5 Å². The van der Waals surface area contributed by atoms with Gasteiger partial charge in [-0.25, -0.2) is 0 Å². The molecular weight excluding hydrogens is 410 g/mol. The highest BCUT2D eigenvalue weighted by Crippen LogP contribution is 2.30. The molecule has 6 heteroatoms. The van der Waals surface area contributed by atoms with Gasteiger partial charge in [-0.05, 0) is 75.2 Å². The number of Topliss-reactive ketones (excluding diaryl/α,β-unsaturated/α-hetero) is 1. The second-order valence-corrected chi connectivity index (χ2v) is 7.88. The summed E-state index contributed by atoms with van der Waals surface area (Å²) < 4.78 is 0. The van der Waals surface area contributed by atoms with Crippen LogP contribution in [0, 0.1) is 6.92 Å². The summed E-state index contributed by atoms with van der Waals surface area (Å²) in [5.74, 6) is -0.638. The van der Waals surface area contributed by atoms with E-state index in [1.165, 1.54) is 5.69 Å². The predicted molar refractivity (Wildman–Crippen MR) is 128 cm³/mol. The molecule has 1 aliphatic carbocycles. The molecule has 1 unspecified atom stereocenters. The Morgan fingerprint density at radius 3 is 2.35 bits per heavy atom. The molecule has 2 N–H and O–H groups in total. The van der Waals surface area contributed by atoms with Crippen molar-refractivity contribution in [3.05, 3.63) is 82.0 Å². The van der Waals surface area contributed by atoms with E-state index in [1.807, 2.05) is 19.1 Å². The number of aryl methyl sites for hydroxylation is 1. The van der Waals surface area contributed by atoms with Crippen LogP contribution in [-0.4, -0.2) is 30.8 Å². The van der Waals surface area contributed by atoms with Gasteiger partial charge in [-0.3, -0.25) is 9.59 Å². The van der Waals surface area contributed by atoms with E-state index in [4.69, 9.17) is 11.6 Å². The van der Waals surface area contributed by atoms with E-state index < -0.39 is 6.04 Å². The van der Waals surface area contributed by atoms with Gasteiger partial charge in [0.1, 0.15) is 6.04 Å². The first-order valence-electron chi connectivity index (χ1n) is 10.5. The Bertz CT molecular complexity index is 1040. The predicted octanol–water partition coefficient (Wildman–Crippen LogP) is 5.03. The van der Waals surface area contributed by atoms with Crippen molar-refractivity contribution in [3.8, 4) is 0 Å². The molecule has 1 atom stereocenters. The van der Waals surface area contributed by atoms with Crippen molar-refractivity contribution in [3.63, 3.8) is 0 Å². The monoisotopic (exact) mass is 437 g/mol. The van der Waals surface area contributed by atoms with Crippen LogP contribution in [-0.2, 0) is 4.79 Å². The van der Waals surface area contributed by atoms with Crippen molar-refractivity contribution in [2.45, 2.75) is 33.7 Å². The molecule has 1 amide bonds. The largest absolute Gasteiger partial charge is 0.372 e. The molecule has 0 aliphatic heterocycles. The number of halogens is 1. The van der Waals surface area contributed by atoms with Gasteiger partial charge in [0.05, 0.1) is 5.03 Å². The number of nitrogens with zero attached hydrogens (tertiary/aromatic N) is 1. The van der Waals surface area contributed by atoms with Gasteiger partial charge < -0.3 is 15.5 Å². The van der Waals surface area contributed by atoms with Crippen LogP contribution in [0.5, 0.6) is 0 Å². The van der Waals surface area contributed by atoms with Crippen LogP contribution in [0.1, 0.15) is 36.7 Å². The lowest BCUT2D eigenvalue weighted by atomic mass is 9.98. The second-order valence-electron chi connectivity index (χ2n) is 7.50. The van der Waals surface area contributed by atoms with Crippen molar-refractivity contribution < 1.29 is 9.59 Å². The first-order chi connectivity index (χ1) is 14.8. The molecule has 0 heterocycles. The standard InChI is InChI=1S/C25H28ClN3O2/c1-5-29(6-2)19-12-13-20(16(3)14-19)27-21-15-22(24(30)23(26)17(21)4)28-25(31)18-10-8-7-9-11-18/h7-15,22,27H,5-6H2,1-4H3,(H,28,31). The summed E-state index contributed by atoms with van der Waals surface area (Å²) in [4.78, 5) is 27.5. The first-order valence-corrected chi connectivity index (χ1v) is 10.8. The number of rotatable bonds is 7. The van der Waals surface area contributed by atoms with Crippen LogP contribution in [0.4, 0.5) is 11.4 Å². The quantitative estimate of drug-likeness (QED) is 0.637. The Kier molecular flexibility index (Phi) is 7.18. The molecule has 1 aliphatic rings. The van der Waals surface area contributed by atoms with Gasteiger partial charge in [-0.15, -0.1) is 0 Å². The lowest BCUT2D eigenvalue weighted by Crippen LogP contribution is -2.42. The highest BCUT2D eigenvalue weighted by molar-refractivity contribution is 6.44. The first kappa shape index (κ1) is 22.6. The number of hydrogen-bond acceptors (Lipinski definition) is 4. The Morgan fingerprint density at radius 2 is 1.74 bits per heavy atom. The van der Waals surface area contributed by atoms with Crippen LogP contribution in [0.15, 0.2) is 70.9 Å². The van der Waals surface area contributed by atoms with Crippen molar-refractivity contribution >= 4 is 34.7 Å². The molecule has 2 aromatic rings. The molecule has 3 rings (SSSR count). The van der Waals surface area contributed by atoms with Crippen LogP contribution in [0.2, 0.25) is 0 Å². The number of anilines is 2. The molecule has 5 nitrogen and oxygen atoms in total. The van der Waals surface area contributed by atoms with E-state index >= 15 is 0 Å². The fourth-order valence-corrected chi connectivity index (χ4v) is 3.80. The Labute approximate surface area is 188 Å². The molecule has 162 valence electrons. The summed E-state index contributed by atoms with van der Waals surface area (Å²) in [7, 11) is 0. The normalized spacial score (nSPS) is 16.1. The van der Waals surface area contributed by atoms with Gasteiger partial charge in [0.2, 0.25) is 5.78 Å². The van der Waals surface area contributed by atoms with Gasteiger partial charge in [0.25, 0.3) is 5.91 Å². The van der Waals surface area contributed by atoms with Gasteiger partial charge in [-0.1, -0.05) is 29.8 Å². The molecule has 31 heavy (non-hydrogen) atoms. The molecule has 0 fully saturated rings. The summed E-state index contributed by atoms with van der Waals surface area (Å²) in [6, 6.07) is 14.2. The van der Waals surface area contributed by atoms with Crippen LogP contribution in [0.25, 0.3) is 0 Å². The third kappa shape index (κ3) is 5.00. The minimum atomic E-state index is -0.832. The summed E-state index contributed by atoms with van der Waals surface area (Å²) in [6.45, 7) is 9.99.